The Morgan fingerprint density at radius 1 is 1.56 bits per heavy atom. The molecule has 0 saturated carbocycles. The van der Waals surface area contributed by atoms with E-state index in [1.54, 1.807) is 0 Å². The molecule has 1 heterocycles. The fourth-order valence-electron chi connectivity index (χ4n) is 2.16. The van der Waals surface area contributed by atoms with Crippen molar-refractivity contribution in [3.63, 3.8) is 0 Å². The zero-order valence-corrected chi connectivity index (χ0v) is 10.6. The van der Waals surface area contributed by atoms with Crippen molar-refractivity contribution in [1.29, 1.82) is 0 Å². The third-order valence-corrected chi connectivity index (χ3v) is 4.02. The summed E-state index contributed by atoms with van der Waals surface area (Å²) in [7, 11) is 0. The predicted molar refractivity (Wildman–Crippen MR) is 65.4 cm³/mol. The molecule has 3 nitrogen and oxygen atoms in total. The van der Waals surface area contributed by atoms with Gasteiger partial charge in [0.25, 0.3) is 0 Å². The molecular weight excluding hydrogens is 270 g/mol. The van der Waals surface area contributed by atoms with Crippen LogP contribution in [0, 0.1) is 12.8 Å². The van der Waals surface area contributed by atoms with E-state index in [0.29, 0.717) is 13.0 Å². The fraction of sp³-hybridized carbons (Fsp3) is 0.417. The van der Waals surface area contributed by atoms with Crippen molar-refractivity contribution >= 4 is 21.9 Å². The lowest BCUT2D eigenvalue weighted by molar-refractivity contribution is -0.141. The van der Waals surface area contributed by atoms with E-state index >= 15 is 0 Å². The van der Waals surface area contributed by atoms with Crippen LogP contribution in [0.15, 0.2) is 22.7 Å². The normalized spacial score (nSPS) is 24.6. The van der Waals surface area contributed by atoms with Gasteiger partial charge in [0, 0.05) is 17.1 Å². The number of aliphatic carboxylic acids is 1. The molecule has 1 aliphatic heterocycles. The number of benzene rings is 1. The van der Waals surface area contributed by atoms with Crippen molar-refractivity contribution in [2.75, 3.05) is 6.54 Å². The first kappa shape index (κ1) is 11.6. The smallest absolute Gasteiger partial charge is 0.307 e. The lowest BCUT2D eigenvalue weighted by Gasteiger charge is -2.14. The van der Waals surface area contributed by atoms with E-state index in [1.807, 2.05) is 12.1 Å². The Hall–Kier alpha value is -0.870. The third kappa shape index (κ3) is 2.13. The summed E-state index contributed by atoms with van der Waals surface area (Å²) in [6.07, 6.45) is 0.673. The minimum absolute atomic E-state index is 0.165. The quantitative estimate of drug-likeness (QED) is 0.877. The van der Waals surface area contributed by atoms with Crippen LogP contribution in [0.2, 0.25) is 0 Å². The largest absolute Gasteiger partial charge is 0.481 e. The van der Waals surface area contributed by atoms with Crippen LogP contribution in [0.4, 0.5) is 0 Å². The molecule has 1 aromatic rings. The number of rotatable bonds is 2. The van der Waals surface area contributed by atoms with Crippen molar-refractivity contribution in [3.05, 3.63) is 33.8 Å². The molecule has 2 unspecified atom stereocenters. The average molecular weight is 284 g/mol. The van der Waals surface area contributed by atoms with Crippen LogP contribution in [-0.4, -0.2) is 17.6 Å². The van der Waals surface area contributed by atoms with E-state index < -0.39 is 5.97 Å². The number of carbonyl (C=O) groups is 1. The van der Waals surface area contributed by atoms with Gasteiger partial charge >= 0.3 is 5.97 Å². The van der Waals surface area contributed by atoms with Crippen LogP contribution in [-0.2, 0) is 4.79 Å². The van der Waals surface area contributed by atoms with Gasteiger partial charge < -0.3 is 10.4 Å². The second kappa shape index (κ2) is 4.55. The van der Waals surface area contributed by atoms with Gasteiger partial charge in [0.1, 0.15) is 0 Å². The van der Waals surface area contributed by atoms with Gasteiger partial charge in [-0.05, 0) is 30.5 Å². The molecule has 86 valence electrons. The monoisotopic (exact) mass is 283 g/mol. The van der Waals surface area contributed by atoms with Gasteiger partial charge in [0.05, 0.1) is 5.92 Å². The lowest BCUT2D eigenvalue weighted by atomic mass is 9.97. The Morgan fingerprint density at radius 3 is 2.94 bits per heavy atom. The van der Waals surface area contributed by atoms with Gasteiger partial charge in [-0.15, -0.1) is 0 Å². The highest BCUT2D eigenvalue weighted by Crippen LogP contribution is 2.31. The van der Waals surface area contributed by atoms with Crippen molar-refractivity contribution < 1.29 is 9.90 Å². The van der Waals surface area contributed by atoms with Crippen LogP contribution in [0.1, 0.15) is 23.6 Å². The highest BCUT2D eigenvalue weighted by molar-refractivity contribution is 9.10. The molecule has 0 aliphatic carbocycles. The second-order valence-electron chi connectivity index (χ2n) is 4.19. The standard InChI is InChI=1S/C12H14BrNO2/c1-7-9(3-2-4-10(7)13)11-5-8(6-14-11)12(15)16/h2-4,8,11,14H,5-6H2,1H3,(H,15,16). The first-order chi connectivity index (χ1) is 7.59. The average Bonchev–Trinajstić information content (AvgIpc) is 2.71. The molecular formula is C12H14BrNO2. The number of nitrogens with one attached hydrogen (secondary N) is 1. The topological polar surface area (TPSA) is 49.3 Å². The van der Waals surface area contributed by atoms with E-state index in [9.17, 15) is 4.79 Å². The molecule has 1 aromatic carbocycles. The van der Waals surface area contributed by atoms with Gasteiger partial charge in [-0.1, -0.05) is 28.1 Å². The number of carboxylic acids is 1. The highest BCUT2D eigenvalue weighted by atomic mass is 79.9. The van der Waals surface area contributed by atoms with E-state index in [2.05, 4.69) is 34.2 Å². The minimum atomic E-state index is -0.706. The summed E-state index contributed by atoms with van der Waals surface area (Å²) >= 11 is 3.49. The Labute approximate surface area is 103 Å². The van der Waals surface area contributed by atoms with E-state index in [0.717, 1.165) is 4.47 Å². The van der Waals surface area contributed by atoms with E-state index in [4.69, 9.17) is 5.11 Å². The molecule has 0 amide bonds. The maximum atomic E-state index is 10.9. The van der Waals surface area contributed by atoms with Crippen LogP contribution in [0.25, 0.3) is 0 Å². The van der Waals surface area contributed by atoms with Gasteiger partial charge in [0.15, 0.2) is 0 Å². The number of hydrogen-bond donors (Lipinski definition) is 2. The summed E-state index contributed by atoms with van der Waals surface area (Å²) in [5, 5.41) is 12.2. The number of halogens is 1. The maximum Gasteiger partial charge on any atom is 0.307 e. The van der Waals surface area contributed by atoms with Crippen LogP contribution >= 0.6 is 15.9 Å². The van der Waals surface area contributed by atoms with Crippen molar-refractivity contribution in [1.82, 2.24) is 5.32 Å². The molecule has 0 spiro atoms. The molecule has 2 N–H and O–H groups in total. The highest BCUT2D eigenvalue weighted by Gasteiger charge is 2.30. The second-order valence-corrected chi connectivity index (χ2v) is 5.04. The summed E-state index contributed by atoms with van der Waals surface area (Å²) in [5.41, 5.74) is 2.38. The first-order valence-electron chi connectivity index (χ1n) is 5.31. The SMILES string of the molecule is Cc1c(Br)cccc1C1CC(C(=O)O)CN1. The Kier molecular flexibility index (Phi) is 3.30. The summed E-state index contributed by atoms with van der Waals surface area (Å²) in [6.45, 7) is 2.61. The summed E-state index contributed by atoms with van der Waals surface area (Å²) in [5.74, 6) is -0.967. The first-order valence-corrected chi connectivity index (χ1v) is 6.10. The zero-order valence-electron chi connectivity index (χ0n) is 9.03. The van der Waals surface area contributed by atoms with E-state index in [1.165, 1.54) is 11.1 Å². The molecule has 4 heteroatoms. The van der Waals surface area contributed by atoms with Crippen LogP contribution < -0.4 is 5.32 Å². The van der Waals surface area contributed by atoms with Crippen LogP contribution in [0.3, 0.4) is 0 Å². The maximum absolute atomic E-state index is 10.9. The molecule has 2 rings (SSSR count). The lowest BCUT2D eigenvalue weighted by Crippen LogP contribution is -2.17. The minimum Gasteiger partial charge on any atom is -0.481 e. The Balaban J connectivity index is 2.21. The summed E-state index contributed by atoms with van der Waals surface area (Å²) in [4.78, 5) is 10.9. The summed E-state index contributed by atoms with van der Waals surface area (Å²) < 4.78 is 1.07. The zero-order chi connectivity index (χ0) is 11.7. The molecule has 0 radical (unpaired) electrons. The van der Waals surface area contributed by atoms with Gasteiger partial charge in [-0.3, -0.25) is 4.79 Å². The van der Waals surface area contributed by atoms with Gasteiger partial charge in [0.2, 0.25) is 0 Å². The number of hydrogen-bond acceptors (Lipinski definition) is 2. The van der Waals surface area contributed by atoms with E-state index in [-0.39, 0.29) is 12.0 Å². The molecule has 0 bridgehead atoms. The van der Waals surface area contributed by atoms with Crippen molar-refractivity contribution in [2.24, 2.45) is 5.92 Å². The summed E-state index contributed by atoms with van der Waals surface area (Å²) in [6, 6.07) is 6.21. The van der Waals surface area contributed by atoms with Gasteiger partial charge in [-0.25, -0.2) is 0 Å². The molecule has 1 aliphatic rings. The number of carboxylic acid groups (broad SMARTS) is 1. The molecule has 2 atom stereocenters. The van der Waals surface area contributed by atoms with Gasteiger partial charge in [-0.2, -0.15) is 0 Å². The Morgan fingerprint density at radius 2 is 2.31 bits per heavy atom. The van der Waals surface area contributed by atoms with Crippen LogP contribution in [0.5, 0.6) is 0 Å². The molecule has 16 heavy (non-hydrogen) atoms. The molecule has 1 fully saturated rings. The third-order valence-electron chi connectivity index (χ3n) is 3.17. The van der Waals surface area contributed by atoms with Crippen molar-refractivity contribution in [3.8, 4) is 0 Å². The Bertz CT molecular complexity index is 419. The fourth-order valence-corrected chi connectivity index (χ4v) is 2.54. The molecule has 0 aromatic heterocycles. The van der Waals surface area contributed by atoms with Crippen molar-refractivity contribution in [2.45, 2.75) is 19.4 Å². The molecule has 1 saturated heterocycles. The predicted octanol–water partition coefficient (Wildman–Crippen LogP) is 2.49.